The van der Waals surface area contributed by atoms with Gasteiger partial charge in [-0.05, 0) is 37.0 Å². The van der Waals surface area contributed by atoms with Gasteiger partial charge in [-0.15, -0.1) is 0 Å². The zero-order chi connectivity index (χ0) is 14.0. The van der Waals surface area contributed by atoms with Crippen molar-refractivity contribution >= 4 is 17.3 Å². The van der Waals surface area contributed by atoms with Crippen molar-refractivity contribution in [1.29, 1.82) is 0 Å². The average molecular weight is 292 g/mol. The Labute approximate surface area is 116 Å². The van der Waals surface area contributed by atoms with Gasteiger partial charge in [0.2, 0.25) is 0 Å². The number of halogens is 4. The molecule has 1 N–H and O–H groups in total. The predicted octanol–water partition coefficient (Wildman–Crippen LogP) is 5.35. The lowest BCUT2D eigenvalue weighted by Gasteiger charge is -2.30. The molecule has 1 aromatic carbocycles. The van der Waals surface area contributed by atoms with E-state index in [-0.39, 0.29) is 11.1 Å². The highest BCUT2D eigenvalue weighted by molar-refractivity contribution is 6.30. The van der Waals surface area contributed by atoms with Crippen LogP contribution < -0.4 is 5.32 Å². The second-order valence-corrected chi connectivity index (χ2v) is 5.68. The van der Waals surface area contributed by atoms with Gasteiger partial charge in [-0.3, -0.25) is 0 Å². The second kappa shape index (κ2) is 5.61. The van der Waals surface area contributed by atoms with E-state index in [0.717, 1.165) is 31.4 Å². The minimum absolute atomic E-state index is 0.112. The largest absolute Gasteiger partial charge is 0.416 e. The molecule has 1 aromatic rings. The molecule has 1 fully saturated rings. The Morgan fingerprint density at radius 1 is 1.16 bits per heavy atom. The van der Waals surface area contributed by atoms with Crippen molar-refractivity contribution in [1.82, 2.24) is 0 Å². The van der Waals surface area contributed by atoms with E-state index in [4.69, 9.17) is 11.6 Å². The Morgan fingerprint density at radius 2 is 1.84 bits per heavy atom. The van der Waals surface area contributed by atoms with E-state index >= 15 is 0 Å². The Hall–Kier alpha value is -0.900. The van der Waals surface area contributed by atoms with Crippen LogP contribution in [0.2, 0.25) is 5.02 Å². The van der Waals surface area contributed by atoms with Gasteiger partial charge in [-0.25, -0.2) is 0 Å². The number of nitrogens with one attached hydrogen (secondary N) is 1. The van der Waals surface area contributed by atoms with Crippen LogP contribution in [0.3, 0.4) is 0 Å². The average Bonchev–Trinajstić information content (AvgIpc) is 2.30. The molecule has 0 saturated heterocycles. The summed E-state index contributed by atoms with van der Waals surface area (Å²) in [5.41, 5.74) is -0.246. The molecule has 0 spiro atoms. The molecule has 1 aliphatic carbocycles. The van der Waals surface area contributed by atoms with Crippen LogP contribution in [0.25, 0.3) is 0 Å². The summed E-state index contributed by atoms with van der Waals surface area (Å²) in [7, 11) is 0. The summed E-state index contributed by atoms with van der Waals surface area (Å²) in [4.78, 5) is 0. The first-order valence-electron chi connectivity index (χ1n) is 6.50. The predicted molar refractivity (Wildman–Crippen MR) is 71.5 cm³/mol. The Balaban J connectivity index is 2.18. The van der Waals surface area contributed by atoms with Crippen LogP contribution in [0.4, 0.5) is 18.9 Å². The van der Waals surface area contributed by atoms with E-state index in [0.29, 0.717) is 11.6 Å². The molecule has 0 aliphatic heterocycles. The van der Waals surface area contributed by atoms with Crippen molar-refractivity contribution in [2.45, 2.75) is 44.8 Å². The zero-order valence-corrected chi connectivity index (χ0v) is 11.5. The maximum atomic E-state index is 12.7. The smallest absolute Gasteiger partial charge is 0.382 e. The SMILES string of the molecule is CC1CCCCC1Nc1cc(Cl)cc(C(F)(F)F)c1. The van der Waals surface area contributed by atoms with Crippen LogP contribution in [0, 0.1) is 5.92 Å². The second-order valence-electron chi connectivity index (χ2n) is 5.24. The molecule has 2 rings (SSSR count). The number of hydrogen-bond acceptors (Lipinski definition) is 1. The molecule has 19 heavy (non-hydrogen) atoms. The van der Waals surface area contributed by atoms with Gasteiger partial charge in [-0.1, -0.05) is 31.4 Å². The van der Waals surface area contributed by atoms with Crippen LogP contribution in [0.1, 0.15) is 38.2 Å². The standard InChI is InChI=1S/C14H17ClF3N/c1-9-4-2-3-5-13(9)19-12-7-10(14(16,17)18)6-11(15)8-12/h6-9,13,19H,2-5H2,1H3. The third kappa shape index (κ3) is 3.78. The number of anilines is 1. The summed E-state index contributed by atoms with van der Waals surface area (Å²) in [6.07, 6.45) is 0.0658. The third-order valence-corrected chi connectivity index (χ3v) is 3.91. The van der Waals surface area contributed by atoms with Crippen LogP contribution >= 0.6 is 11.6 Å². The highest BCUT2D eigenvalue weighted by atomic mass is 35.5. The van der Waals surface area contributed by atoms with Gasteiger partial charge >= 0.3 is 6.18 Å². The summed E-state index contributed by atoms with van der Waals surface area (Å²) >= 11 is 5.77. The zero-order valence-electron chi connectivity index (χ0n) is 10.7. The maximum Gasteiger partial charge on any atom is 0.416 e. The van der Waals surface area contributed by atoms with Gasteiger partial charge in [0, 0.05) is 16.8 Å². The molecule has 0 amide bonds. The normalized spacial score (nSPS) is 24.3. The summed E-state index contributed by atoms with van der Waals surface area (Å²) < 4.78 is 38.2. The van der Waals surface area contributed by atoms with Crippen molar-refractivity contribution in [3.63, 3.8) is 0 Å². The lowest BCUT2D eigenvalue weighted by molar-refractivity contribution is -0.137. The van der Waals surface area contributed by atoms with Crippen LogP contribution in [0.15, 0.2) is 18.2 Å². The third-order valence-electron chi connectivity index (χ3n) is 3.69. The maximum absolute atomic E-state index is 12.7. The number of rotatable bonds is 2. The summed E-state index contributed by atoms with van der Waals surface area (Å²) in [5, 5.41) is 3.31. The van der Waals surface area contributed by atoms with E-state index in [1.807, 2.05) is 0 Å². The number of benzene rings is 1. The molecule has 0 aromatic heterocycles. The molecule has 0 heterocycles. The van der Waals surface area contributed by atoms with Crippen molar-refractivity contribution in [3.05, 3.63) is 28.8 Å². The summed E-state index contributed by atoms with van der Waals surface area (Å²) in [5.74, 6) is 0.474. The van der Waals surface area contributed by atoms with E-state index in [2.05, 4.69) is 12.2 Å². The molecule has 1 aliphatic rings. The van der Waals surface area contributed by atoms with Crippen molar-refractivity contribution in [2.24, 2.45) is 5.92 Å². The molecule has 0 radical (unpaired) electrons. The van der Waals surface area contributed by atoms with E-state index in [9.17, 15) is 13.2 Å². The molecule has 0 bridgehead atoms. The lowest BCUT2D eigenvalue weighted by atomic mass is 9.86. The van der Waals surface area contributed by atoms with Gasteiger partial charge in [-0.2, -0.15) is 13.2 Å². The number of alkyl halides is 3. The lowest BCUT2D eigenvalue weighted by Crippen LogP contribution is -2.30. The van der Waals surface area contributed by atoms with Crippen LogP contribution in [-0.4, -0.2) is 6.04 Å². The van der Waals surface area contributed by atoms with Gasteiger partial charge in [0.25, 0.3) is 0 Å². The molecule has 5 heteroatoms. The Kier molecular flexibility index (Phi) is 4.29. The summed E-state index contributed by atoms with van der Waals surface area (Å²) in [6, 6.07) is 3.87. The van der Waals surface area contributed by atoms with E-state index in [1.165, 1.54) is 6.42 Å². The van der Waals surface area contributed by atoms with Crippen molar-refractivity contribution < 1.29 is 13.2 Å². The first-order valence-corrected chi connectivity index (χ1v) is 6.88. The van der Waals surface area contributed by atoms with E-state index in [1.54, 1.807) is 6.07 Å². The first-order chi connectivity index (χ1) is 8.86. The molecular weight excluding hydrogens is 275 g/mol. The van der Waals surface area contributed by atoms with E-state index < -0.39 is 11.7 Å². The quantitative estimate of drug-likeness (QED) is 0.774. The van der Waals surface area contributed by atoms with Gasteiger partial charge in [0.1, 0.15) is 0 Å². The van der Waals surface area contributed by atoms with Crippen LogP contribution in [0.5, 0.6) is 0 Å². The number of hydrogen-bond donors (Lipinski definition) is 1. The monoisotopic (exact) mass is 291 g/mol. The minimum Gasteiger partial charge on any atom is -0.382 e. The van der Waals surface area contributed by atoms with Gasteiger partial charge < -0.3 is 5.32 Å². The fourth-order valence-corrected chi connectivity index (χ4v) is 2.82. The Bertz CT molecular complexity index is 445. The van der Waals surface area contributed by atoms with Crippen molar-refractivity contribution in [2.75, 3.05) is 5.32 Å². The fraction of sp³-hybridized carbons (Fsp3) is 0.571. The highest BCUT2D eigenvalue weighted by Gasteiger charge is 2.31. The Morgan fingerprint density at radius 3 is 2.47 bits per heavy atom. The fourth-order valence-electron chi connectivity index (χ4n) is 2.58. The first kappa shape index (κ1) is 14.5. The topological polar surface area (TPSA) is 12.0 Å². The van der Waals surface area contributed by atoms with Gasteiger partial charge in [0.05, 0.1) is 5.56 Å². The van der Waals surface area contributed by atoms with Crippen LogP contribution in [-0.2, 0) is 6.18 Å². The minimum atomic E-state index is -4.36. The van der Waals surface area contributed by atoms with Crippen molar-refractivity contribution in [3.8, 4) is 0 Å². The highest BCUT2D eigenvalue weighted by Crippen LogP contribution is 2.34. The molecule has 1 saturated carbocycles. The van der Waals surface area contributed by atoms with Gasteiger partial charge in [0.15, 0.2) is 0 Å². The molecule has 2 unspecified atom stereocenters. The molecule has 106 valence electrons. The summed E-state index contributed by atoms with van der Waals surface area (Å²) in [6.45, 7) is 2.13. The molecular formula is C14H17ClF3N. The molecule has 1 nitrogen and oxygen atoms in total. The molecule has 2 atom stereocenters.